The van der Waals surface area contributed by atoms with Gasteiger partial charge in [0.05, 0.1) is 19.5 Å². The number of carbonyl (C=O) groups excluding carboxylic acids is 13. The number of unbranched alkanes of at least 4 members (excludes halogenated alkanes) is 1. The molecule has 1 aromatic rings. The van der Waals surface area contributed by atoms with Gasteiger partial charge >= 0.3 is 5.97 Å². The molecule has 1 aromatic heterocycles. The van der Waals surface area contributed by atoms with Crippen molar-refractivity contribution in [1.29, 1.82) is 0 Å². The average molecular weight is 1290 g/mol. The van der Waals surface area contributed by atoms with Crippen molar-refractivity contribution >= 4 is 94.7 Å². The first-order valence-electron chi connectivity index (χ1n) is 29.1. The van der Waals surface area contributed by atoms with Crippen LogP contribution in [0.3, 0.4) is 0 Å². The van der Waals surface area contributed by atoms with Crippen LogP contribution in [0.1, 0.15) is 103 Å². The lowest BCUT2D eigenvalue weighted by Gasteiger charge is -2.31. The molecule has 39 heteroatoms. The predicted molar refractivity (Wildman–Crippen MR) is 320 cm³/mol. The highest BCUT2D eigenvalue weighted by molar-refractivity contribution is 5.99. The van der Waals surface area contributed by atoms with Gasteiger partial charge in [0.1, 0.15) is 67.0 Å². The molecule has 1 saturated heterocycles. The minimum Gasteiger partial charge on any atom is -0.480 e. The van der Waals surface area contributed by atoms with Crippen LogP contribution in [0.2, 0.25) is 0 Å². The number of likely N-dealkylation sites (tertiary alicyclic amines) is 1. The number of aromatic nitrogens is 2. The predicted octanol–water partition coefficient (Wildman–Crippen LogP) is -10.7. The number of aliphatic carboxylic acids is 1. The van der Waals surface area contributed by atoms with E-state index in [2.05, 4.69) is 73.1 Å². The van der Waals surface area contributed by atoms with E-state index in [-0.39, 0.29) is 95.9 Å². The molecule has 2 heterocycles. The van der Waals surface area contributed by atoms with E-state index >= 15 is 0 Å². The zero-order chi connectivity index (χ0) is 68.3. The third-order valence-corrected chi connectivity index (χ3v) is 13.7. The summed E-state index contributed by atoms with van der Waals surface area (Å²) in [5.41, 5.74) is 38.8. The lowest BCUT2D eigenvalue weighted by Crippen LogP contribution is -2.61. The molecule has 1 fully saturated rings. The molecule has 39 nitrogen and oxygen atoms in total. The summed E-state index contributed by atoms with van der Waals surface area (Å²) in [6.45, 7) is -0.470. The van der Waals surface area contributed by atoms with Crippen molar-refractivity contribution in [1.82, 2.24) is 68.0 Å². The molecule has 0 aromatic carbocycles. The van der Waals surface area contributed by atoms with Gasteiger partial charge in [0.15, 0.2) is 11.9 Å². The Morgan fingerprint density at radius 2 is 1.02 bits per heavy atom. The van der Waals surface area contributed by atoms with Gasteiger partial charge in [-0.05, 0) is 84.1 Å². The van der Waals surface area contributed by atoms with Crippen molar-refractivity contribution in [3.8, 4) is 0 Å². The molecular formula is C52H88N22O17. The van der Waals surface area contributed by atoms with E-state index in [9.17, 15) is 77.3 Å². The second-order valence-electron chi connectivity index (χ2n) is 21.1. The molecule has 13 amide bonds. The van der Waals surface area contributed by atoms with Crippen molar-refractivity contribution in [2.45, 2.75) is 164 Å². The number of amides is 13. The third-order valence-electron chi connectivity index (χ3n) is 13.7. The van der Waals surface area contributed by atoms with Gasteiger partial charge in [-0.15, -0.1) is 0 Å². The first kappa shape index (κ1) is 77.3. The zero-order valence-electron chi connectivity index (χ0n) is 50.7. The highest BCUT2D eigenvalue weighted by Gasteiger charge is 2.41. The maximum absolute atomic E-state index is 14.7. The average Bonchev–Trinajstić information content (AvgIpc) is 2.64. The van der Waals surface area contributed by atoms with Crippen molar-refractivity contribution in [3.05, 3.63) is 18.2 Å². The van der Waals surface area contributed by atoms with Gasteiger partial charge in [-0.3, -0.25) is 77.1 Å². The molecule has 2 rings (SSSR count). The van der Waals surface area contributed by atoms with Gasteiger partial charge in [0.2, 0.25) is 76.8 Å². The molecule has 0 saturated carbocycles. The number of aromatic amines is 1. The minimum atomic E-state index is -1.85. The van der Waals surface area contributed by atoms with Gasteiger partial charge in [0.25, 0.3) is 0 Å². The number of nitrogens with one attached hydrogen (secondary N) is 11. The van der Waals surface area contributed by atoms with Gasteiger partial charge in [-0.1, -0.05) is 0 Å². The number of aliphatic hydroxyl groups is 2. The lowest BCUT2D eigenvalue weighted by atomic mass is 10.0. The molecule has 91 heavy (non-hydrogen) atoms. The molecule has 0 spiro atoms. The first-order chi connectivity index (χ1) is 43.0. The van der Waals surface area contributed by atoms with Crippen molar-refractivity contribution in [2.24, 2.45) is 50.1 Å². The normalized spacial score (nSPS) is 15.5. The minimum absolute atomic E-state index is 0.0163. The number of aliphatic imine (C=N–C) groups is 2. The number of hydrogen-bond acceptors (Lipinski definition) is 20. The molecule has 0 radical (unpaired) electrons. The maximum Gasteiger partial charge on any atom is 0.322 e. The van der Waals surface area contributed by atoms with E-state index in [1.807, 2.05) is 0 Å². The fourth-order valence-corrected chi connectivity index (χ4v) is 8.98. The molecule has 508 valence electrons. The lowest BCUT2D eigenvalue weighted by molar-refractivity contribution is -0.143. The Kier molecular flexibility index (Phi) is 34.6. The Labute approximate surface area is 522 Å². The first-order valence-corrected chi connectivity index (χ1v) is 29.1. The van der Waals surface area contributed by atoms with E-state index in [0.717, 1.165) is 11.8 Å². The number of guanidine groups is 2. The number of primary amides is 2. The number of carboxylic acids is 1. The van der Waals surface area contributed by atoms with Gasteiger partial charge in [0, 0.05) is 57.7 Å². The zero-order valence-corrected chi connectivity index (χ0v) is 50.7. The van der Waals surface area contributed by atoms with E-state index < -0.39 is 189 Å². The van der Waals surface area contributed by atoms with Crippen molar-refractivity contribution in [2.75, 3.05) is 45.9 Å². The summed E-state index contributed by atoms with van der Waals surface area (Å²) in [7, 11) is 0. The summed E-state index contributed by atoms with van der Waals surface area (Å²) in [5.74, 6) is -14.3. The Hall–Kier alpha value is -9.79. The topological polar surface area (TPSA) is 659 Å². The van der Waals surface area contributed by atoms with Crippen LogP contribution >= 0.6 is 0 Å². The number of carboxylic acid groups (broad SMARTS) is 1. The molecular weight excluding hydrogens is 1200 g/mol. The standard InChI is InChI=1S/C52H88N22O17/c1-26(65-27(2)77)41(82)72-35(23-75)47(88)68-31(12-14-38(54)78)45(86)66-29(8-3-4-16-53)43(84)70-33(10-6-18-62-52(58)59)50(91)74-19-7-11-37(74)49(90)73-36(24-76)48(89)69-32(13-15-39(55)79)46(87)67-30(9-5-17-61-51(56)57)44(85)71-34(20-28-21-60-25-64-28)42(83)63-22-40(80)81/h21,25-26,29-37,75-76H,3-20,22-24,53H2,1-2H3,(H2,54,78)(H2,55,79)(H,60,64)(H,63,83)(H,65,77)(H,66,86)(H,67,87)(H,68,88)(H,69,89)(H,70,84)(H,71,85)(H,72,82)(H,73,90)(H,80,81)(H4,56,57,61)(H4,58,59,62)/t26-,29-,30-,31-,32-,33-,34-,35-,36-,37-/m0/s1. The third kappa shape index (κ3) is 29.4. The quantitative estimate of drug-likeness (QED) is 0.0164. The number of hydrogen-bond donors (Lipinski definition) is 21. The number of H-pyrrole nitrogens is 1. The summed E-state index contributed by atoms with van der Waals surface area (Å²) >= 11 is 0. The van der Waals surface area contributed by atoms with Crippen LogP contribution in [-0.4, -0.2) is 231 Å². The largest absolute Gasteiger partial charge is 0.480 e. The maximum atomic E-state index is 14.7. The SMILES string of the molecule is CC(=O)N[C@@H](C)C(=O)N[C@@H](CO)C(=O)N[C@@H](CCC(N)=O)C(=O)N[C@@H](CCCCN)C(=O)N[C@@H](CCCN=C(N)N)C(=O)N1CCC[C@H]1C(=O)N[C@@H](CO)C(=O)N[C@@H](CCC(N)=O)C(=O)N[C@@H](CCCN=C(N)N)C(=O)N[C@@H](Cc1cnc[nH]1)C(=O)NCC(=O)O. The van der Waals surface area contributed by atoms with Crippen LogP contribution in [0.15, 0.2) is 22.5 Å². The number of nitrogens with zero attached hydrogens (tertiary/aromatic N) is 4. The van der Waals surface area contributed by atoms with Crippen LogP contribution in [0.4, 0.5) is 0 Å². The van der Waals surface area contributed by atoms with Crippen LogP contribution in [0.25, 0.3) is 0 Å². The smallest absolute Gasteiger partial charge is 0.322 e. The fraction of sp³-hybridized carbons (Fsp3) is 0.635. The number of nitrogens with two attached hydrogens (primary N) is 7. The molecule has 1 aliphatic rings. The van der Waals surface area contributed by atoms with E-state index in [4.69, 9.17) is 45.2 Å². The number of imidazole rings is 1. The molecule has 28 N–H and O–H groups in total. The summed E-state index contributed by atoms with van der Waals surface area (Å²) in [6.07, 6.45) is 0.827. The van der Waals surface area contributed by atoms with E-state index in [0.29, 0.717) is 12.1 Å². The number of aliphatic hydroxyl groups excluding tert-OH is 2. The molecule has 1 aliphatic heterocycles. The Bertz CT molecular complexity index is 2730. The van der Waals surface area contributed by atoms with Crippen LogP contribution in [0, 0.1) is 0 Å². The highest BCUT2D eigenvalue weighted by atomic mass is 16.4. The summed E-state index contributed by atoms with van der Waals surface area (Å²) < 4.78 is 0. The van der Waals surface area contributed by atoms with Crippen LogP contribution in [-0.2, 0) is 73.5 Å². The van der Waals surface area contributed by atoms with Gasteiger partial charge in [-0.2, -0.15) is 0 Å². The summed E-state index contributed by atoms with van der Waals surface area (Å²) in [5, 5.41) is 53.5. The second kappa shape index (κ2) is 40.7. The van der Waals surface area contributed by atoms with Crippen LogP contribution in [0.5, 0.6) is 0 Å². The molecule has 10 atom stereocenters. The van der Waals surface area contributed by atoms with Crippen molar-refractivity contribution < 1.29 is 82.4 Å². The highest BCUT2D eigenvalue weighted by Crippen LogP contribution is 2.21. The summed E-state index contributed by atoms with van der Waals surface area (Å²) in [6, 6.07) is -15.3. The Morgan fingerprint density at radius 1 is 0.582 bits per heavy atom. The van der Waals surface area contributed by atoms with Gasteiger partial charge in [-0.25, -0.2) is 4.98 Å². The second-order valence-corrected chi connectivity index (χ2v) is 21.1. The number of rotatable bonds is 43. The summed E-state index contributed by atoms with van der Waals surface area (Å²) in [4.78, 5) is 201. The van der Waals surface area contributed by atoms with Gasteiger partial charge < -0.3 is 119 Å². The Balaban J connectivity index is 2.46. The van der Waals surface area contributed by atoms with E-state index in [1.54, 1.807) is 0 Å². The fourth-order valence-electron chi connectivity index (χ4n) is 8.98. The molecule has 0 unspecified atom stereocenters. The van der Waals surface area contributed by atoms with Crippen LogP contribution < -0.4 is 93.3 Å². The van der Waals surface area contributed by atoms with Crippen molar-refractivity contribution in [3.63, 3.8) is 0 Å². The number of carbonyl (C=O) groups is 14. The monoisotopic (exact) mass is 1290 g/mol. The Morgan fingerprint density at radius 3 is 1.46 bits per heavy atom. The molecule has 0 aliphatic carbocycles. The van der Waals surface area contributed by atoms with E-state index in [1.165, 1.54) is 19.4 Å². The molecule has 0 bridgehead atoms.